The second-order valence-corrected chi connectivity index (χ2v) is 28.2. The summed E-state index contributed by atoms with van der Waals surface area (Å²) in [6, 6.07) is 8.68. The standard InChI is InChI=1S/C61H66N14O12S6/c1-29(2)45-59-74-48(40(93-59)24-87-5)52(82)63-23-43(77)71-49(50(80)31-12-8-6-9-13-31)58-69-39(27-90-58)56-67-37(25-89-56)47-34(54-68-38(26-88-54)51(81)66-36(22-42(76)62-4)57-73-46(30(3)92-57)53(83)72-45)19-20-35(65-47)55-70-41(28-91-55)75(21-11-7-10-14-44(78)79)61(86)64-33-17-15-32(16-18-33)60(84)85/h6,8-9,12-13,19-20,25-29,32-33,36,45,49-50,80H,7,10-11,14-18,21-24H2,1-5H3,(H,62,76)(H,63,82)(H,64,86)(H,66,81)(H,71,77)(H,72,83)(H,78,79)(H,84,85)/t32?,33?,36-,45-,49-,50-/m0/s1. The van der Waals surface area contributed by atoms with Gasteiger partial charge in [0.15, 0.2) is 0 Å². The number of hydrogen-bond acceptors (Lipinski definition) is 23. The van der Waals surface area contributed by atoms with Crippen LogP contribution in [-0.2, 0) is 30.5 Å². The molecule has 93 heavy (non-hydrogen) atoms. The summed E-state index contributed by atoms with van der Waals surface area (Å²) in [4.78, 5) is 144. The van der Waals surface area contributed by atoms with E-state index in [2.05, 4.69) is 31.9 Å². The highest BCUT2D eigenvalue weighted by Crippen LogP contribution is 2.41. The Morgan fingerprint density at radius 1 is 0.688 bits per heavy atom. The highest BCUT2D eigenvalue weighted by Gasteiger charge is 2.34. The zero-order chi connectivity index (χ0) is 66.0. The number of carbonyl (C=O) groups excluding carboxylic acids is 6. The summed E-state index contributed by atoms with van der Waals surface area (Å²) in [5, 5.41) is 57.1. The highest BCUT2D eigenvalue weighted by molar-refractivity contribution is 7.15. The lowest BCUT2D eigenvalue weighted by Gasteiger charge is -2.29. The number of nitrogens with one attached hydrogen (secondary N) is 6. The number of hydrogen-bond donors (Lipinski definition) is 9. The molecule has 7 amide bonds. The van der Waals surface area contributed by atoms with E-state index in [9.17, 15) is 53.7 Å². The lowest BCUT2D eigenvalue weighted by molar-refractivity contribution is -0.143. The van der Waals surface area contributed by atoms with Crippen molar-refractivity contribution in [3.05, 3.63) is 111 Å². The van der Waals surface area contributed by atoms with Gasteiger partial charge in [-0.25, -0.2) is 39.7 Å². The summed E-state index contributed by atoms with van der Waals surface area (Å²) in [5.41, 5.74) is 2.48. The van der Waals surface area contributed by atoms with E-state index in [1.54, 1.807) is 70.9 Å². The zero-order valence-electron chi connectivity index (χ0n) is 50.9. The molecule has 0 saturated heterocycles. The molecule has 488 valence electrons. The number of amides is 7. The first-order chi connectivity index (χ1) is 44.7. The van der Waals surface area contributed by atoms with Crippen molar-refractivity contribution in [1.82, 2.24) is 66.8 Å². The van der Waals surface area contributed by atoms with Gasteiger partial charge in [-0.1, -0.05) is 50.6 Å². The van der Waals surface area contributed by atoms with Crippen molar-refractivity contribution in [3.8, 4) is 43.4 Å². The van der Waals surface area contributed by atoms with Crippen molar-refractivity contribution in [3.63, 3.8) is 0 Å². The van der Waals surface area contributed by atoms with Crippen molar-refractivity contribution < 1.29 is 58.4 Å². The molecule has 8 heterocycles. The number of carbonyl (C=O) groups is 8. The van der Waals surface area contributed by atoms with Crippen molar-refractivity contribution in [2.24, 2.45) is 11.8 Å². The van der Waals surface area contributed by atoms with Crippen LogP contribution in [0.2, 0.25) is 0 Å². The molecule has 9 N–H and O–H groups in total. The van der Waals surface area contributed by atoms with Gasteiger partial charge in [0.25, 0.3) is 17.7 Å². The first kappa shape index (κ1) is 67.5. The van der Waals surface area contributed by atoms with Crippen LogP contribution in [0, 0.1) is 18.8 Å². The Balaban J connectivity index is 1.03. The lowest BCUT2D eigenvalue weighted by atomic mass is 9.86. The molecule has 7 aromatic heterocycles. The summed E-state index contributed by atoms with van der Waals surface area (Å²) < 4.78 is 5.46. The molecular weight excluding hydrogens is 1310 g/mol. The summed E-state index contributed by atoms with van der Waals surface area (Å²) in [6.07, 6.45) is 1.67. The van der Waals surface area contributed by atoms with Crippen LogP contribution >= 0.6 is 68.0 Å². The van der Waals surface area contributed by atoms with Crippen LogP contribution in [0.1, 0.15) is 158 Å². The van der Waals surface area contributed by atoms with Crippen LogP contribution in [0.3, 0.4) is 0 Å². The van der Waals surface area contributed by atoms with E-state index in [1.807, 2.05) is 13.8 Å². The number of anilines is 1. The van der Waals surface area contributed by atoms with E-state index in [1.165, 1.54) is 53.1 Å². The number of benzene rings is 1. The lowest BCUT2D eigenvalue weighted by Crippen LogP contribution is -2.47. The number of aliphatic hydroxyl groups is 1. The van der Waals surface area contributed by atoms with Gasteiger partial charge < -0.3 is 52.0 Å². The number of thiazole rings is 6. The fraction of sp³-hybridized carbons (Fsp3) is 0.393. The molecule has 1 aromatic carbocycles. The molecule has 0 spiro atoms. The largest absolute Gasteiger partial charge is 0.481 e. The second-order valence-electron chi connectivity index (χ2n) is 22.3. The van der Waals surface area contributed by atoms with Crippen molar-refractivity contribution >= 4 is 121 Å². The number of carboxylic acid groups (broad SMARTS) is 2. The Bertz CT molecular complexity index is 4040. The third-order valence-electron chi connectivity index (χ3n) is 15.4. The maximum Gasteiger partial charge on any atom is 0.323 e. The molecule has 10 rings (SSSR count). The molecule has 2 aliphatic rings. The third kappa shape index (κ3) is 16.3. The molecule has 1 aliphatic heterocycles. The van der Waals surface area contributed by atoms with E-state index in [0.29, 0.717) is 119 Å². The van der Waals surface area contributed by atoms with E-state index in [4.69, 9.17) is 39.6 Å². The number of pyridine rings is 1. The maximum absolute atomic E-state index is 14.4. The van der Waals surface area contributed by atoms with Crippen LogP contribution in [0.15, 0.2) is 64.0 Å². The average molecular weight is 1380 g/mol. The van der Waals surface area contributed by atoms with E-state index < -0.39 is 84.2 Å². The first-order valence-corrected chi connectivity index (χ1v) is 34.9. The Morgan fingerprint density at radius 3 is 2.13 bits per heavy atom. The predicted octanol–water partition coefficient (Wildman–Crippen LogP) is 9.12. The van der Waals surface area contributed by atoms with Gasteiger partial charge in [0.1, 0.15) is 82.2 Å². The molecule has 1 saturated carbocycles. The number of aromatic nitrogens is 7. The van der Waals surface area contributed by atoms with Crippen LogP contribution in [0.25, 0.3) is 43.4 Å². The molecule has 1 fully saturated rings. The number of ether oxygens (including phenoxy) is 1. The molecule has 32 heteroatoms. The minimum Gasteiger partial charge on any atom is -0.481 e. The number of aliphatic carboxylic acids is 2. The van der Waals surface area contributed by atoms with Gasteiger partial charge in [0, 0.05) is 65.1 Å². The fourth-order valence-electron chi connectivity index (χ4n) is 10.5. The quantitative estimate of drug-likeness (QED) is 0.0383. The Morgan fingerprint density at radius 2 is 1.40 bits per heavy atom. The molecule has 26 nitrogen and oxygen atoms in total. The number of nitrogens with zero attached hydrogens (tertiary/aromatic N) is 8. The van der Waals surface area contributed by atoms with Crippen molar-refractivity contribution in [1.29, 1.82) is 0 Å². The topological polar surface area (TPSA) is 372 Å². The Labute approximate surface area is 557 Å². The summed E-state index contributed by atoms with van der Waals surface area (Å²) in [7, 11) is 2.93. The van der Waals surface area contributed by atoms with Crippen LogP contribution in [0.5, 0.6) is 0 Å². The zero-order valence-corrected chi connectivity index (χ0v) is 55.8. The SMILES string of the molecule is CNC(=O)C[C@@H]1NC(=O)c2csc(n2)-c2ccc(-c3nc(N(CCCCCC(=O)O)C(=O)NC4CCC(C(=O)O)CC4)cs3)nc2-c2csc(n2)-c2csc(n2)[C@H]([C@@H](O)c2ccccc2)NC(=O)CNC(=O)c2nc(sc2COC)[C@H](C(C)C)NC(=O)c2nc1sc2C. The number of urea groups is 1. The molecule has 0 unspecified atom stereocenters. The van der Waals surface area contributed by atoms with Gasteiger partial charge >= 0.3 is 18.0 Å². The molecule has 4 atom stereocenters. The molecule has 8 aromatic rings. The van der Waals surface area contributed by atoms with Gasteiger partial charge in [0.2, 0.25) is 11.8 Å². The molecule has 0 radical (unpaired) electrons. The highest BCUT2D eigenvalue weighted by atomic mass is 32.1. The van der Waals surface area contributed by atoms with Gasteiger partial charge in [0.05, 0.1) is 48.1 Å². The van der Waals surface area contributed by atoms with E-state index in [0.717, 1.165) is 34.0 Å². The fourth-order valence-corrected chi connectivity index (χ4v) is 16.0. The number of rotatable bonds is 17. The number of fused-ring (bicyclic) bond motifs is 14. The minimum absolute atomic E-state index is 0.000353. The van der Waals surface area contributed by atoms with E-state index >= 15 is 0 Å². The predicted molar refractivity (Wildman–Crippen MR) is 352 cm³/mol. The smallest absolute Gasteiger partial charge is 0.323 e. The van der Waals surface area contributed by atoms with Gasteiger partial charge in [-0.3, -0.25) is 38.5 Å². The van der Waals surface area contributed by atoms with Crippen LogP contribution < -0.4 is 36.8 Å². The van der Waals surface area contributed by atoms with E-state index in [-0.39, 0.29) is 60.0 Å². The number of unbranched alkanes of at least 4 members (excludes halogenated alkanes) is 2. The first-order valence-electron chi connectivity index (χ1n) is 29.7. The number of aryl methyl sites for hydroxylation is 1. The number of aliphatic hydroxyl groups excluding tert-OH is 1. The van der Waals surface area contributed by atoms with Crippen LogP contribution in [-0.4, -0.2) is 131 Å². The minimum atomic E-state index is -1.30. The summed E-state index contributed by atoms with van der Waals surface area (Å²) >= 11 is 7.10. The van der Waals surface area contributed by atoms with Gasteiger partial charge in [-0.2, -0.15) is 0 Å². The second kappa shape index (κ2) is 30.6. The Kier molecular flexibility index (Phi) is 22.2. The third-order valence-corrected chi connectivity index (χ3v) is 21.1. The van der Waals surface area contributed by atoms with Crippen molar-refractivity contribution in [2.45, 2.75) is 115 Å². The maximum atomic E-state index is 14.4. The molecule has 10 bridgehead atoms. The molecular formula is C61H66N14O12S6. The van der Waals surface area contributed by atoms with Gasteiger partial charge in [-0.15, -0.1) is 68.0 Å². The average Bonchev–Trinajstić information content (AvgIpc) is 1.75. The summed E-state index contributed by atoms with van der Waals surface area (Å²) in [6.45, 7) is 5.12. The molecule has 1 aliphatic carbocycles. The van der Waals surface area contributed by atoms with Crippen molar-refractivity contribution in [2.75, 3.05) is 32.1 Å². The number of methoxy groups -OCH3 is 1. The summed E-state index contributed by atoms with van der Waals surface area (Å²) in [5.74, 6) is -5.17. The number of carboxylic acids is 2. The van der Waals surface area contributed by atoms with Gasteiger partial charge in [-0.05, 0) is 69.1 Å². The van der Waals surface area contributed by atoms with Crippen LogP contribution in [0.4, 0.5) is 10.6 Å². The monoisotopic (exact) mass is 1380 g/mol. The Hall–Kier alpha value is -8.37. The normalized spacial score (nSPS) is 18.3.